The van der Waals surface area contributed by atoms with Crippen molar-refractivity contribution in [1.82, 2.24) is 14.7 Å². The Morgan fingerprint density at radius 3 is 2.50 bits per heavy atom. The average molecular weight is 374 g/mol. The third-order valence-corrected chi connectivity index (χ3v) is 4.10. The Bertz CT molecular complexity index is 1070. The second-order valence-corrected chi connectivity index (χ2v) is 7.89. The van der Waals surface area contributed by atoms with Crippen LogP contribution in [0, 0.1) is 0 Å². The van der Waals surface area contributed by atoms with E-state index in [0.717, 1.165) is 11.8 Å². The predicted octanol–water partition coefficient (Wildman–Crippen LogP) is 3.75. The number of nitrogens with zero attached hydrogens (tertiary/aromatic N) is 3. The maximum absolute atomic E-state index is 13.1. The van der Waals surface area contributed by atoms with Gasteiger partial charge in [0.05, 0.1) is 16.9 Å². The quantitative estimate of drug-likeness (QED) is 0.707. The predicted molar refractivity (Wildman–Crippen MR) is 100 cm³/mol. The number of imidazole rings is 1. The van der Waals surface area contributed by atoms with Gasteiger partial charge in [0, 0.05) is 30.3 Å². The van der Waals surface area contributed by atoms with Gasteiger partial charge in [-0.25, -0.2) is 9.19 Å². The van der Waals surface area contributed by atoms with Gasteiger partial charge in [0.2, 0.25) is 10.1 Å². The molecule has 6 nitrogen and oxygen atoms in total. The van der Waals surface area contributed by atoms with Crippen molar-refractivity contribution >= 4 is 27.4 Å². The standard InChI is InChI=1S/C18H19FN4O2S/c1-12(2)20-18(24)14-6-9-17-21-16(11-23(17)10-14)13-4-7-15(8-5-13)22-26(3,19)25/h4-12H,1-3H3,(H,20,24). The summed E-state index contributed by atoms with van der Waals surface area (Å²) < 4.78 is 29.5. The molecular weight excluding hydrogens is 355 g/mol. The maximum atomic E-state index is 13.1. The molecule has 3 rings (SSSR count). The van der Waals surface area contributed by atoms with Gasteiger partial charge in [0.15, 0.2) is 0 Å². The molecule has 1 unspecified atom stereocenters. The van der Waals surface area contributed by atoms with E-state index in [1.807, 2.05) is 20.0 Å². The van der Waals surface area contributed by atoms with Gasteiger partial charge in [0.25, 0.3) is 5.91 Å². The van der Waals surface area contributed by atoms with E-state index in [1.165, 1.54) is 0 Å². The van der Waals surface area contributed by atoms with Gasteiger partial charge in [0.1, 0.15) is 5.65 Å². The summed E-state index contributed by atoms with van der Waals surface area (Å²) in [5.41, 5.74) is 3.07. The van der Waals surface area contributed by atoms with Gasteiger partial charge in [-0.1, -0.05) is 12.1 Å². The Kier molecular flexibility index (Phi) is 4.78. The third-order valence-electron chi connectivity index (χ3n) is 3.56. The number of pyridine rings is 1. The topological polar surface area (TPSA) is 75.8 Å². The summed E-state index contributed by atoms with van der Waals surface area (Å²) in [5.74, 6) is -0.141. The lowest BCUT2D eigenvalue weighted by molar-refractivity contribution is 0.0942. The monoisotopic (exact) mass is 374 g/mol. The number of carbonyl (C=O) groups excluding carboxylic acids is 1. The van der Waals surface area contributed by atoms with Crippen LogP contribution in [-0.4, -0.2) is 31.8 Å². The average Bonchev–Trinajstić information content (AvgIpc) is 2.96. The smallest absolute Gasteiger partial charge is 0.252 e. The maximum Gasteiger partial charge on any atom is 0.252 e. The summed E-state index contributed by atoms with van der Waals surface area (Å²) >= 11 is 0. The summed E-state index contributed by atoms with van der Waals surface area (Å²) in [7, 11) is -3.68. The molecule has 1 amide bonds. The molecule has 1 atom stereocenters. The minimum Gasteiger partial charge on any atom is -0.350 e. The van der Waals surface area contributed by atoms with Crippen molar-refractivity contribution in [2.24, 2.45) is 4.36 Å². The van der Waals surface area contributed by atoms with Crippen LogP contribution < -0.4 is 5.32 Å². The van der Waals surface area contributed by atoms with Crippen LogP contribution in [0.3, 0.4) is 0 Å². The minimum absolute atomic E-state index is 0.0580. The highest BCUT2D eigenvalue weighted by atomic mass is 32.3. The lowest BCUT2D eigenvalue weighted by Gasteiger charge is -2.08. The van der Waals surface area contributed by atoms with Gasteiger partial charge < -0.3 is 9.72 Å². The number of aromatic nitrogens is 2. The lowest BCUT2D eigenvalue weighted by atomic mass is 10.1. The first-order chi connectivity index (χ1) is 12.2. The molecule has 0 spiro atoms. The van der Waals surface area contributed by atoms with Crippen LogP contribution in [-0.2, 0) is 10.1 Å². The van der Waals surface area contributed by atoms with Gasteiger partial charge >= 0.3 is 0 Å². The Hall–Kier alpha value is -2.74. The second-order valence-electron chi connectivity index (χ2n) is 6.29. The van der Waals surface area contributed by atoms with Crippen LogP contribution in [0.1, 0.15) is 24.2 Å². The summed E-state index contributed by atoms with van der Waals surface area (Å²) in [5, 5.41) is 2.85. The number of benzene rings is 1. The number of rotatable bonds is 4. The lowest BCUT2D eigenvalue weighted by Crippen LogP contribution is -2.30. The van der Waals surface area contributed by atoms with E-state index in [1.54, 1.807) is 47.0 Å². The van der Waals surface area contributed by atoms with E-state index < -0.39 is 10.1 Å². The highest BCUT2D eigenvalue weighted by molar-refractivity contribution is 7.88. The molecule has 0 radical (unpaired) electrons. The summed E-state index contributed by atoms with van der Waals surface area (Å²) in [6.07, 6.45) is 4.48. The molecule has 1 N–H and O–H groups in total. The number of fused-ring (bicyclic) bond motifs is 1. The SMILES string of the molecule is CC(C)NC(=O)c1ccc2nc(-c3ccc(N=S(C)(=O)F)cc3)cn2c1. The first kappa shape index (κ1) is 18.1. The Balaban J connectivity index is 1.92. The second kappa shape index (κ2) is 6.87. The van der Waals surface area contributed by atoms with Crippen LogP contribution in [0.5, 0.6) is 0 Å². The van der Waals surface area contributed by atoms with Crippen molar-refractivity contribution in [3.63, 3.8) is 0 Å². The number of carbonyl (C=O) groups is 1. The minimum atomic E-state index is -3.68. The molecule has 0 aliphatic carbocycles. The van der Waals surface area contributed by atoms with Gasteiger partial charge in [-0.15, -0.1) is 3.89 Å². The molecule has 0 fully saturated rings. The summed E-state index contributed by atoms with van der Waals surface area (Å²) in [6, 6.07) is 10.2. The molecule has 0 bridgehead atoms. The van der Waals surface area contributed by atoms with Crippen molar-refractivity contribution in [2.75, 3.05) is 6.26 Å². The van der Waals surface area contributed by atoms with Gasteiger partial charge in [-0.2, -0.15) is 4.36 Å². The van der Waals surface area contributed by atoms with E-state index in [4.69, 9.17) is 0 Å². The van der Waals surface area contributed by atoms with Crippen LogP contribution >= 0.6 is 0 Å². The molecule has 2 heterocycles. The number of hydrogen-bond donors (Lipinski definition) is 1. The zero-order chi connectivity index (χ0) is 18.9. The van der Waals surface area contributed by atoms with Crippen molar-refractivity contribution < 1.29 is 12.9 Å². The zero-order valence-corrected chi connectivity index (χ0v) is 15.5. The first-order valence-electron chi connectivity index (χ1n) is 8.03. The van der Waals surface area contributed by atoms with Gasteiger partial charge in [-0.3, -0.25) is 4.79 Å². The highest BCUT2D eigenvalue weighted by Gasteiger charge is 2.10. The van der Waals surface area contributed by atoms with Gasteiger partial charge in [-0.05, 0) is 38.1 Å². The van der Waals surface area contributed by atoms with Crippen molar-refractivity contribution in [3.05, 3.63) is 54.4 Å². The van der Waals surface area contributed by atoms with Crippen LogP contribution in [0.4, 0.5) is 9.57 Å². The molecule has 0 aliphatic heterocycles. The fourth-order valence-corrected chi connectivity index (χ4v) is 2.99. The summed E-state index contributed by atoms with van der Waals surface area (Å²) in [4.78, 5) is 16.6. The fourth-order valence-electron chi connectivity index (χ4n) is 2.49. The molecule has 3 aromatic rings. The van der Waals surface area contributed by atoms with Crippen molar-refractivity contribution in [2.45, 2.75) is 19.9 Å². The van der Waals surface area contributed by atoms with Crippen LogP contribution in [0.2, 0.25) is 0 Å². The number of hydrogen-bond acceptors (Lipinski definition) is 4. The van der Waals surface area contributed by atoms with E-state index in [0.29, 0.717) is 22.6 Å². The molecular formula is C18H19FN4O2S. The number of amides is 1. The van der Waals surface area contributed by atoms with E-state index in [-0.39, 0.29) is 11.9 Å². The Morgan fingerprint density at radius 1 is 1.19 bits per heavy atom. The summed E-state index contributed by atoms with van der Waals surface area (Å²) in [6.45, 7) is 3.81. The molecule has 136 valence electrons. The molecule has 1 aromatic carbocycles. The molecule has 0 saturated heterocycles. The van der Waals surface area contributed by atoms with Crippen molar-refractivity contribution in [1.29, 1.82) is 0 Å². The molecule has 2 aromatic heterocycles. The third kappa shape index (κ3) is 4.26. The molecule has 8 heteroatoms. The van der Waals surface area contributed by atoms with E-state index in [9.17, 15) is 12.9 Å². The molecule has 0 aliphatic rings. The highest BCUT2D eigenvalue weighted by Crippen LogP contribution is 2.23. The van der Waals surface area contributed by atoms with Crippen molar-refractivity contribution in [3.8, 4) is 11.3 Å². The Morgan fingerprint density at radius 2 is 1.88 bits per heavy atom. The van der Waals surface area contributed by atoms with E-state index in [2.05, 4.69) is 14.7 Å². The van der Waals surface area contributed by atoms with Crippen LogP contribution in [0.25, 0.3) is 16.9 Å². The Labute approximate surface area is 151 Å². The van der Waals surface area contributed by atoms with Crippen LogP contribution in [0.15, 0.2) is 53.2 Å². The molecule has 0 saturated carbocycles. The largest absolute Gasteiger partial charge is 0.350 e. The van der Waals surface area contributed by atoms with E-state index >= 15 is 0 Å². The normalized spacial score (nSPS) is 13.6. The molecule has 26 heavy (non-hydrogen) atoms. The first-order valence-corrected chi connectivity index (χ1v) is 9.85. The zero-order valence-electron chi connectivity index (χ0n) is 14.6. The number of halogens is 1. The fraction of sp³-hybridized carbons (Fsp3) is 0.222. The number of nitrogens with one attached hydrogen (secondary N) is 1.